The molecule has 5 aromatic rings. The predicted molar refractivity (Wildman–Crippen MR) is 197 cm³/mol. The summed E-state index contributed by atoms with van der Waals surface area (Å²) in [5.41, 5.74) is 1.46. The molecule has 2 fully saturated rings. The van der Waals surface area contributed by atoms with E-state index in [0.717, 1.165) is 24.8 Å². The van der Waals surface area contributed by atoms with E-state index in [2.05, 4.69) is 25.3 Å². The number of methoxy groups -OCH3 is 2. The number of hydrogen-bond donors (Lipinski definition) is 1. The first-order chi connectivity index (χ1) is 25.5. The fourth-order valence-corrected chi connectivity index (χ4v) is 6.75. The number of likely N-dealkylation sites (N-methyl/N-ethyl adjacent to an activating group) is 1. The molecule has 7 rings (SSSR count). The van der Waals surface area contributed by atoms with E-state index in [-0.39, 0.29) is 30.0 Å². The number of hydrogen-bond acceptors (Lipinski definition) is 12. The van der Waals surface area contributed by atoms with Crippen LogP contribution in [0.5, 0.6) is 23.1 Å². The van der Waals surface area contributed by atoms with E-state index in [0.29, 0.717) is 77.6 Å². The number of carbonyl (C=O) groups is 1. The quantitative estimate of drug-likeness (QED) is 0.157. The van der Waals surface area contributed by atoms with E-state index in [1.165, 1.54) is 12.4 Å². The molecule has 0 saturated carbocycles. The molecule has 2 saturated heterocycles. The van der Waals surface area contributed by atoms with Gasteiger partial charge in [-0.3, -0.25) is 0 Å². The molecular formula is C38H45FN8O6. The standard InChI is InChI=1S/C38H45FN8O6/c1-38(2,3)53-37(48)45(4)24-14-15-46(21-24)31-18-28-33(35(42-22-41-28)40-19-23-10-11-25(49-5)17-30(23)50-6)36(44-31)52-34-26-20-43-47(29(26)13-12-27(34)39)32-9-7-8-16-51-32/h10-13,17-18,20,22,24,32H,7-9,14-16,19,21H2,1-6H3,(H,40,41,42)/t24-,32?/m1/s1. The highest BCUT2D eigenvalue weighted by Gasteiger charge is 2.33. The largest absolute Gasteiger partial charge is 0.497 e. The highest BCUT2D eigenvalue weighted by molar-refractivity contribution is 5.95. The summed E-state index contributed by atoms with van der Waals surface area (Å²) in [7, 11) is 4.94. The van der Waals surface area contributed by atoms with Crippen LogP contribution >= 0.6 is 0 Å². The van der Waals surface area contributed by atoms with Crippen LogP contribution in [0.1, 0.15) is 58.2 Å². The van der Waals surface area contributed by atoms with Gasteiger partial charge in [0.25, 0.3) is 0 Å². The van der Waals surface area contributed by atoms with Crippen LogP contribution in [0, 0.1) is 5.82 Å². The van der Waals surface area contributed by atoms with Crippen molar-refractivity contribution in [3.63, 3.8) is 0 Å². The van der Waals surface area contributed by atoms with Crippen molar-refractivity contribution in [3.05, 3.63) is 60.3 Å². The third kappa shape index (κ3) is 7.56. The Bertz CT molecular complexity index is 2110. The second-order valence-electron chi connectivity index (χ2n) is 14.2. The highest BCUT2D eigenvalue weighted by atomic mass is 19.1. The first-order valence-electron chi connectivity index (χ1n) is 17.8. The van der Waals surface area contributed by atoms with Crippen molar-refractivity contribution in [2.75, 3.05) is 51.2 Å². The lowest BCUT2D eigenvalue weighted by Gasteiger charge is -2.28. The molecule has 15 heteroatoms. The maximum atomic E-state index is 15.9. The molecule has 0 aliphatic carbocycles. The zero-order valence-electron chi connectivity index (χ0n) is 30.9. The number of nitrogens with zero attached hydrogens (tertiary/aromatic N) is 7. The Balaban J connectivity index is 1.27. The van der Waals surface area contributed by atoms with Crippen molar-refractivity contribution in [3.8, 4) is 23.1 Å². The minimum absolute atomic E-state index is 0.0221. The Morgan fingerprint density at radius 2 is 1.94 bits per heavy atom. The molecule has 53 heavy (non-hydrogen) atoms. The number of benzene rings is 2. The SMILES string of the molecule is COc1ccc(CNc2ncnc3cc(N4CC[C@@H](N(C)C(=O)OC(C)(C)C)C4)nc(Oc4c(F)ccc5c4cnn5C4CCCCO4)c23)c(OC)c1. The van der Waals surface area contributed by atoms with E-state index in [1.54, 1.807) is 43.1 Å². The Labute approximate surface area is 307 Å². The number of ether oxygens (including phenoxy) is 5. The van der Waals surface area contributed by atoms with E-state index in [9.17, 15) is 4.79 Å². The zero-order valence-corrected chi connectivity index (χ0v) is 30.9. The lowest BCUT2D eigenvalue weighted by molar-refractivity contribution is -0.0366. The summed E-state index contributed by atoms with van der Waals surface area (Å²) in [5, 5.41) is 8.93. The number of anilines is 2. The van der Waals surface area contributed by atoms with Gasteiger partial charge < -0.3 is 38.8 Å². The number of nitrogens with one attached hydrogen (secondary N) is 1. The molecule has 0 spiro atoms. The number of pyridine rings is 1. The predicted octanol–water partition coefficient (Wildman–Crippen LogP) is 7.08. The smallest absolute Gasteiger partial charge is 0.410 e. The number of fused-ring (bicyclic) bond motifs is 2. The highest BCUT2D eigenvalue weighted by Crippen LogP contribution is 2.40. The van der Waals surface area contributed by atoms with Gasteiger partial charge in [0.2, 0.25) is 5.88 Å². The third-order valence-corrected chi connectivity index (χ3v) is 9.54. The number of carbonyl (C=O) groups excluding carboxylic acids is 1. The van der Waals surface area contributed by atoms with Crippen molar-refractivity contribution < 1.29 is 32.9 Å². The molecule has 280 valence electrons. The lowest BCUT2D eigenvalue weighted by atomic mass is 10.1. The van der Waals surface area contributed by atoms with Gasteiger partial charge in [-0.25, -0.2) is 23.8 Å². The molecule has 2 aliphatic rings. The van der Waals surface area contributed by atoms with Gasteiger partial charge >= 0.3 is 6.09 Å². The van der Waals surface area contributed by atoms with Gasteiger partial charge in [-0.2, -0.15) is 10.1 Å². The Morgan fingerprint density at radius 3 is 2.70 bits per heavy atom. The molecular weight excluding hydrogens is 683 g/mol. The number of halogens is 1. The van der Waals surface area contributed by atoms with Crippen molar-refractivity contribution in [2.24, 2.45) is 0 Å². The second kappa shape index (κ2) is 14.9. The van der Waals surface area contributed by atoms with E-state index in [1.807, 2.05) is 45.0 Å². The van der Waals surface area contributed by atoms with E-state index >= 15 is 4.39 Å². The summed E-state index contributed by atoms with van der Waals surface area (Å²) in [6.07, 6.45) is 5.94. The molecule has 2 aliphatic heterocycles. The summed E-state index contributed by atoms with van der Waals surface area (Å²) in [4.78, 5) is 30.7. The molecule has 1 amide bonds. The van der Waals surface area contributed by atoms with Gasteiger partial charge in [0.15, 0.2) is 17.8 Å². The van der Waals surface area contributed by atoms with Crippen LogP contribution in [-0.4, -0.2) is 88.3 Å². The van der Waals surface area contributed by atoms with Gasteiger partial charge in [-0.1, -0.05) is 0 Å². The maximum absolute atomic E-state index is 15.9. The first-order valence-corrected chi connectivity index (χ1v) is 17.8. The van der Waals surface area contributed by atoms with Gasteiger partial charge in [-0.15, -0.1) is 0 Å². The number of rotatable bonds is 10. The van der Waals surface area contributed by atoms with Crippen LogP contribution in [0.25, 0.3) is 21.8 Å². The summed E-state index contributed by atoms with van der Waals surface area (Å²) in [6.45, 7) is 7.62. The van der Waals surface area contributed by atoms with Gasteiger partial charge in [0.1, 0.15) is 40.4 Å². The molecule has 2 aromatic carbocycles. The van der Waals surface area contributed by atoms with Gasteiger partial charge in [-0.05, 0) is 70.7 Å². The van der Waals surface area contributed by atoms with Crippen LogP contribution in [0.4, 0.5) is 20.8 Å². The zero-order chi connectivity index (χ0) is 37.3. The number of aromatic nitrogens is 5. The van der Waals surface area contributed by atoms with Crippen molar-refractivity contribution in [1.29, 1.82) is 0 Å². The molecule has 3 aromatic heterocycles. The van der Waals surface area contributed by atoms with Crippen LogP contribution < -0.4 is 24.4 Å². The Morgan fingerprint density at radius 1 is 1.09 bits per heavy atom. The molecule has 1 N–H and O–H groups in total. The van der Waals surface area contributed by atoms with E-state index < -0.39 is 11.4 Å². The molecule has 2 atom stereocenters. The minimum Gasteiger partial charge on any atom is -0.497 e. The minimum atomic E-state index is -0.613. The normalized spacial score (nSPS) is 17.6. The monoisotopic (exact) mass is 728 g/mol. The average Bonchev–Trinajstić information content (AvgIpc) is 3.83. The summed E-state index contributed by atoms with van der Waals surface area (Å²) in [5.74, 6) is 1.82. The lowest BCUT2D eigenvalue weighted by Crippen LogP contribution is -2.42. The van der Waals surface area contributed by atoms with Gasteiger partial charge in [0.05, 0.1) is 42.9 Å². The molecule has 0 bridgehead atoms. The summed E-state index contributed by atoms with van der Waals surface area (Å²) >= 11 is 0. The topological polar surface area (TPSA) is 138 Å². The third-order valence-electron chi connectivity index (χ3n) is 9.54. The van der Waals surface area contributed by atoms with Crippen LogP contribution in [0.15, 0.2) is 48.9 Å². The first kappa shape index (κ1) is 35.9. The van der Waals surface area contributed by atoms with Crippen LogP contribution in [0.2, 0.25) is 0 Å². The fraction of sp³-hybridized carbons (Fsp3) is 0.447. The second-order valence-corrected chi connectivity index (χ2v) is 14.2. The van der Waals surface area contributed by atoms with Gasteiger partial charge in [0, 0.05) is 51.0 Å². The average molecular weight is 729 g/mol. The Kier molecular flexibility index (Phi) is 10.1. The Hall–Kier alpha value is -5.44. The maximum Gasteiger partial charge on any atom is 0.410 e. The molecule has 0 radical (unpaired) electrons. The summed E-state index contributed by atoms with van der Waals surface area (Å²) < 4.78 is 46.8. The molecule has 5 heterocycles. The van der Waals surface area contributed by atoms with Crippen molar-refractivity contribution in [1.82, 2.24) is 29.6 Å². The van der Waals surface area contributed by atoms with Crippen LogP contribution in [-0.2, 0) is 16.0 Å². The molecule has 14 nitrogen and oxygen atoms in total. The fourth-order valence-electron chi connectivity index (χ4n) is 6.75. The summed E-state index contributed by atoms with van der Waals surface area (Å²) in [6, 6.07) is 10.4. The molecule has 1 unspecified atom stereocenters. The van der Waals surface area contributed by atoms with Crippen LogP contribution in [0.3, 0.4) is 0 Å². The number of amides is 1. The van der Waals surface area contributed by atoms with Crippen molar-refractivity contribution in [2.45, 2.75) is 70.9 Å². The van der Waals surface area contributed by atoms with Crippen molar-refractivity contribution >= 4 is 39.5 Å². The van der Waals surface area contributed by atoms with E-state index in [4.69, 9.17) is 28.7 Å².